The molecule has 0 unspecified atom stereocenters. The van der Waals surface area contributed by atoms with Gasteiger partial charge in [0.15, 0.2) is 23.3 Å². The van der Waals surface area contributed by atoms with E-state index in [0.717, 1.165) is 18.2 Å². The first-order chi connectivity index (χ1) is 9.40. The lowest BCUT2D eigenvalue weighted by Crippen LogP contribution is -2.17. The molecule has 0 spiro atoms. The molecule has 0 aliphatic heterocycles. The van der Waals surface area contributed by atoms with Gasteiger partial charge in [0, 0.05) is 6.07 Å². The molecule has 0 aliphatic rings. The third-order valence-corrected chi connectivity index (χ3v) is 2.30. The molecule has 2 aromatic rings. The van der Waals surface area contributed by atoms with Crippen LogP contribution >= 0.6 is 0 Å². The van der Waals surface area contributed by atoms with Crippen LogP contribution in [0.3, 0.4) is 0 Å². The summed E-state index contributed by atoms with van der Waals surface area (Å²) >= 11 is 0. The minimum absolute atomic E-state index is 0.000752. The summed E-state index contributed by atoms with van der Waals surface area (Å²) in [6, 6.07) is 3.14. The summed E-state index contributed by atoms with van der Waals surface area (Å²) in [4.78, 5) is 14.7. The first kappa shape index (κ1) is 13.9. The van der Waals surface area contributed by atoms with E-state index in [1.165, 1.54) is 0 Å². The lowest BCUT2D eigenvalue weighted by atomic mass is 10.2. The topological polar surface area (TPSA) is 42.0 Å². The quantitative estimate of drug-likeness (QED) is 0.524. The maximum atomic E-state index is 13.3. The van der Waals surface area contributed by atoms with Crippen molar-refractivity contribution in [3.8, 4) is 0 Å². The summed E-state index contributed by atoms with van der Waals surface area (Å²) in [7, 11) is 0. The number of amides is 1. The summed E-state index contributed by atoms with van der Waals surface area (Å²) in [5, 5.41) is 1.61. The summed E-state index contributed by atoms with van der Waals surface area (Å²) in [5.41, 5.74) is -1.81. The summed E-state index contributed by atoms with van der Waals surface area (Å²) < 4.78 is 65.3. The molecule has 0 atom stereocenters. The molecule has 1 N–H and O–H groups in total. The highest BCUT2D eigenvalue weighted by Crippen LogP contribution is 2.24. The number of aromatic nitrogens is 1. The van der Waals surface area contributed by atoms with Crippen LogP contribution < -0.4 is 5.32 Å². The maximum absolute atomic E-state index is 13.3. The number of nitrogens with one attached hydrogen (secondary N) is 1. The van der Waals surface area contributed by atoms with Gasteiger partial charge in [0.2, 0.25) is 5.95 Å². The number of hydrogen-bond acceptors (Lipinski definition) is 2. The van der Waals surface area contributed by atoms with Gasteiger partial charge in [-0.1, -0.05) is 6.07 Å². The van der Waals surface area contributed by atoms with Gasteiger partial charge in [-0.2, -0.15) is 4.39 Å². The highest BCUT2D eigenvalue weighted by molar-refractivity contribution is 6.02. The Labute approximate surface area is 109 Å². The van der Waals surface area contributed by atoms with Crippen LogP contribution in [0.2, 0.25) is 0 Å². The highest BCUT2D eigenvalue weighted by Gasteiger charge is 2.21. The maximum Gasteiger partial charge on any atom is 0.274 e. The van der Waals surface area contributed by atoms with Crippen molar-refractivity contribution in [1.82, 2.24) is 4.98 Å². The molecule has 104 valence electrons. The molecular formula is C12H5F5N2O. The Bertz CT molecular complexity index is 664. The van der Waals surface area contributed by atoms with Gasteiger partial charge in [-0.25, -0.2) is 22.5 Å². The number of carbonyl (C=O) groups excluding carboxylic acids is 1. The Balaban J connectivity index is 2.38. The largest absolute Gasteiger partial charge is 0.316 e. The lowest BCUT2D eigenvalue weighted by Gasteiger charge is -2.08. The van der Waals surface area contributed by atoms with E-state index in [1.807, 2.05) is 0 Å². The second-order valence-electron chi connectivity index (χ2n) is 3.64. The van der Waals surface area contributed by atoms with Crippen LogP contribution in [-0.2, 0) is 0 Å². The van der Waals surface area contributed by atoms with Gasteiger partial charge in [-0.05, 0) is 12.1 Å². The zero-order chi connectivity index (χ0) is 14.9. The van der Waals surface area contributed by atoms with Crippen LogP contribution in [0.5, 0.6) is 0 Å². The van der Waals surface area contributed by atoms with E-state index in [4.69, 9.17) is 0 Å². The molecule has 1 aromatic carbocycles. The zero-order valence-electron chi connectivity index (χ0n) is 9.55. The molecule has 0 fully saturated rings. The summed E-state index contributed by atoms with van der Waals surface area (Å²) in [6.45, 7) is 0. The molecule has 2 rings (SSSR count). The predicted molar refractivity (Wildman–Crippen MR) is 58.4 cm³/mol. The molecule has 0 bridgehead atoms. The third-order valence-electron chi connectivity index (χ3n) is 2.30. The van der Waals surface area contributed by atoms with Crippen LogP contribution in [0.25, 0.3) is 0 Å². The number of carbonyl (C=O) groups is 1. The van der Waals surface area contributed by atoms with Gasteiger partial charge < -0.3 is 5.32 Å². The molecule has 1 aromatic heterocycles. The van der Waals surface area contributed by atoms with Crippen molar-refractivity contribution in [2.75, 3.05) is 5.32 Å². The second-order valence-corrected chi connectivity index (χ2v) is 3.64. The summed E-state index contributed by atoms with van der Waals surface area (Å²) in [5.74, 6) is -9.10. The van der Waals surface area contributed by atoms with Crippen LogP contribution in [0.1, 0.15) is 10.5 Å². The highest BCUT2D eigenvalue weighted by atomic mass is 19.2. The van der Waals surface area contributed by atoms with Crippen molar-refractivity contribution in [2.45, 2.75) is 0 Å². The fourth-order valence-electron chi connectivity index (χ4n) is 1.40. The van der Waals surface area contributed by atoms with E-state index in [1.54, 1.807) is 5.32 Å². The number of benzene rings is 1. The molecule has 20 heavy (non-hydrogen) atoms. The minimum atomic E-state index is -1.77. The van der Waals surface area contributed by atoms with Gasteiger partial charge >= 0.3 is 0 Å². The standard InChI is InChI=1S/C12H5F5N2O/c13-5-4-6(14)10(17)11(9(5)16)19-12(20)7-2-1-3-8(15)18-7/h1-4H,(H,19,20). The fourth-order valence-corrected chi connectivity index (χ4v) is 1.40. The SMILES string of the molecule is O=C(Nc1c(F)c(F)cc(F)c1F)c1cccc(F)n1. The molecule has 8 heteroatoms. The normalized spacial score (nSPS) is 10.4. The van der Waals surface area contributed by atoms with E-state index >= 15 is 0 Å². The van der Waals surface area contributed by atoms with Crippen molar-refractivity contribution in [2.24, 2.45) is 0 Å². The molecule has 0 saturated heterocycles. The van der Waals surface area contributed by atoms with E-state index in [2.05, 4.69) is 4.98 Å². The number of rotatable bonds is 2. The van der Waals surface area contributed by atoms with Crippen LogP contribution in [-0.4, -0.2) is 10.9 Å². The van der Waals surface area contributed by atoms with E-state index in [0.29, 0.717) is 0 Å². The number of pyridine rings is 1. The minimum Gasteiger partial charge on any atom is -0.316 e. The fraction of sp³-hybridized carbons (Fsp3) is 0. The van der Waals surface area contributed by atoms with E-state index in [9.17, 15) is 26.7 Å². The Morgan fingerprint density at radius 3 is 2.15 bits per heavy atom. The predicted octanol–water partition coefficient (Wildman–Crippen LogP) is 3.03. The Morgan fingerprint density at radius 1 is 1.00 bits per heavy atom. The Hall–Kier alpha value is -2.51. The summed E-state index contributed by atoms with van der Waals surface area (Å²) in [6.07, 6.45) is 0. The zero-order valence-corrected chi connectivity index (χ0v) is 9.55. The van der Waals surface area contributed by atoms with E-state index < -0.39 is 46.5 Å². The molecule has 0 radical (unpaired) electrons. The lowest BCUT2D eigenvalue weighted by molar-refractivity contribution is 0.102. The second kappa shape index (κ2) is 5.24. The molecular weight excluding hydrogens is 283 g/mol. The molecule has 0 aliphatic carbocycles. The first-order valence-corrected chi connectivity index (χ1v) is 5.17. The number of anilines is 1. The Morgan fingerprint density at radius 2 is 1.60 bits per heavy atom. The van der Waals surface area contributed by atoms with E-state index in [-0.39, 0.29) is 6.07 Å². The van der Waals surface area contributed by atoms with Gasteiger partial charge in [-0.15, -0.1) is 0 Å². The smallest absolute Gasteiger partial charge is 0.274 e. The van der Waals surface area contributed by atoms with Crippen molar-refractivity contribution in [3.05, 3.63) is 59.2 Å². The first-order valence-electron chi connectivity index (χ1n) is 5.17. The Kier molecular flexibility index (Phi) is 3.64. The molecule has 0 saturated carbocycles. The third kappa shape index (κ3) is 2.58. The number of hydrogen-bond donors (Lipinski definition) is 1. The number of nitrogens with zero attached hydrogens (tertiary/aromatic N) is 1. The van der Waals surface area contributed by atoms with Crippen LogP contribution in [0, 0.1) is 29.2 Å². The average Bonchev–Trinajstić information content (AvgIpc) is 2.41. The van der Waals surface area contributed by atoms with Crippen LogP contribution in [0.15, 0.2) is 24.3 Å². The molecule has 1 heterocycles. The van der Waals surface area contributed by atoms with Crippen molar-refractivity contribution < 1.29 is 26.7 Å². The van der Waals surface area contributed by atoms with Crippen molar-refractivity contribution >= 4 is 11.6 Å². The van der Waals surface area contributed by atoms with Gasteiger partial charge in [0.25, 0.3) is 5.91 Å². The number of halogens is 5. The van der Waals surface area contributed by atoms with Gasteiger partial charge in [-0.3, -0.25) is 4.79 Å². The monoisotopic (exact) mass is 288 g/mol. The van der Waals surface area contributed by atoms with Crippen molar-refractivity contribution in [3.63, 3.8) is 0 Å². The van der Waals surface area contributed by atoms with Gasteiger partial charge in [0.1, 0.15) is 11.4 Å². The molecule has 3 nitrogen and oxygen atoms in total. The van der Waals surface area contributed by atoms with Crippen LogP contribution in [0.4, 0.5) is 27.6 Å². The average molecular weight is 288 g/mol. The van der Waals surface area contributed by atoms with Gasteiger partial charge in [0.05, 0.1) is 0 Å². The molecule has 1 amide bonds. The van der Waals surface area contributed by atoms with Crippen molar-refractivity contribution in [1.29, 1.82) is 0 Å².